The fourth-order valence-corrected chi connectivity index (χ4v) is 3.43. The molecule has 26 heavy (non-hydrogen) atoms. The Balaban J connectivity index is 1.71. The van der Waals surface area contributed by atoms with Crippen molar-refractivity contribution in [3.8, 4) is 5.75 Å². The van der Waals surface area contributed by atoms with Crippen LogP contribution in [0.4, 0.5) is 0 Å². The molecule has 1 aliphatic heterocycles. The third-order valence-corrected chi connectivity index (χ3v) is 4.73. The molecule has 0 N–H and O–H groups in total. The highest BCUT2D eigenvalue weighted by molar-refractivity contribution is 5.98. The van der Waals surface area contributed by atoms with Crippen molar-refractivity contribution in [2.45, 2.75) is 13.8 Å². The van der Waals surface area contributed by atoms with Crippen LogP contribution in [0.3, 0.4) is 0 Å². The van der Waals surface area contributed by atoms with Gasteiger partial charge in [0.2, 0.25) is 0 Å². The summed E-state index contributed by atoms with van der Waals surface area (Å²) < 4.78 is 5.45. The third kappa shape index (κ3) is 3.57. The Morgan fingerprint density at radius 2 is 1.46 bits per heavy atom. The van der Waals surface area contributed by atoms with E-state index < -0.39 is 0 Å². The molecule has 3 rings (SSSR count). The molecule has 1 heterocycles. The maximum absolute atomic E-state index is 13.0. The Kier molecular flexibility index (Phi) is 5.26. The van der Waals surface area contributed by atoms with Crippen LogP contribution in [0.1, 0.15) is 31.8 Å². The van der Waals surface area contributed by atoms with Crippen molar-refractivity contribution in [2.24, 2.45) is 0 Å². The number of ether oxygens (including phenoxy) is 1. The molecule has 0 bridgehead atoms. The summed E-state index contributed by atoms with van der Waals surface area (Å²) in [6.07, 6.45) is 0. The average molecular weight is 352 g/mol. The summed E-state index contributed by atoms with van der Waals surface area (Å²) in [6.45, 7) is 6.03. The first-order valence-corrected chi connectivity index (χ1v) is 8.80. The number of piperazine rings is 1. The van der Waals surface area contributed by atoms with Crippen molar-refractivity contribution in [3.05, 3.63) is 64.7 Å². The van der Waals surface area contributed by atoms with Gasteiger partial charge in [0.25, 0.3) is 11.8 Å². The second-order valence-electron chi connectivity index (χ2n) is 6.61. The Morgan fingerprint density at radius 1 is 0.885 bits per heavy atom. The van der Waals surface area contributed by atoms with E-state index in [0.29, 0.717) is 43.1 Å². The van der Waals surface area contributed by atoms with Gasteiger partial charge in [0, 0.05) is 31.7 Å². The molecule has 0 aromatic heterocycles. The van der Waals surface area contributed by atoms with Crippen molar-refractivity contribution >= 4 is 11.8 Å². The molecule has 1 fully saturated rings. The van der Waals surface area contributed by atoms with Crippen LogP contribution in [-0.2, 0) is 0 Å². The Hall–Kier alpha value is -2.82. The summed E-state index contributed by atoms with van der Waals surface area (Å²) in [5, 5.41) is 0. The first kappa shape index (κ1) is 18.0. The third-order valence-electron chi connectivity index (χ3n) is 4.73. The van der Waals surface area contributed by atoms with Crippen LogP contribution < -0.4 is 4.74 Å². The van der Waals surface area contributed by atoms with Crippen molar-refractivity contribution in [1.82, 2.24) is 9.80 Å². The summed E-state index contributed by atoms with van der Waals surface area (Å²) in [4.78, 5) is 29.1. The van der Waals surface area contributed by atoms with E-state index in [1.54, 1.807) is 16.9 Å². The Labute approximate surface area is 154 Å². The van der Waals surface area contributed by atoms with E-state index in [9.17, 15) is 9.59 Å². The quantitative estimate of drug-likeness (QED) is 0.853. The number of rotatable bonds is 3. The summed E-state index contributed by atoms with van der Waals surface area (Å²) >= 11 is 0. The summed E-state index contributed by atoms with van der Waals surface area (Å²) in [5.74, 6) is 0.602. The number of carbonyl (C=O) groups is 2. The van der Waals surface area contributed by atoms with Crippen molar-refractivity contribution in [3.63, 3.8) is 0 Å². The molecule has 0 unspecified atom stereocenters. The molecule has 0 saturated carbocycles. The second-order valence-corrected chi connectivity index (χ2v) is 6.61. The fourth-order valence-electron chi connectivity index (χ4n) is 3.43. The van der Waals surface area contributed by atoms with Crippen LogP contribution >= 0.6 is 0 Å². The lowest BCUT2D eigenvalue weighted by molar-refractivity contribution is 0.0533. The van der Waals surface area contributed by atoms with Crippen LogP contribution in [0.15, 0.2) is 42.5 Å². The van der Waals surface area contributed by atoms with E-state index in [1.165, 1.54) is 0 Å². The number of hydrogen-bond donors (Lipinski definition) is 0. The monoisotopic (exact) mass is 352 g/mol. The Bertz CT molecular complexity index is 810. The van der Waals surface area contributed by atoms with Crippen LogP contribution in [-0.4, -0.2) is 54.9 Å². The number of nitrogens with zero attached hydrogens (tertiary/aromatic N) is 2. The van der Waals surface area contributed by atoms with Gasteiger partial charge in [-0.05, 0) is 43.2 Å². The number of aryl methyl sites for hydroxylation is 2. The summed E-state index contributed by atoms with van der Waals surface area (Å²) in [5.41, 5.74) is 3.26. The zero-order valence-electron chi connectivity index (χ0n) is 15.5. The van der Waals surface area contributed by atoms with Gasteiger partial charge in [-0.25, -0.2) is 0 Å². The van der Waals surface area contributed by atoms with Gasteiger partial charge in [0.15, 0.2) is 0 Å². The molecule has 2 aromatic rings. The predicted octanol–water partition coefficient (Wildman–Crippen LogP) is 2.91. The molecule has 2 aromatic carbocycles. The molecule has 0 atom stereocenters. The predicted molar refractivity (Wildman–Crippen MR) is 101 cm³/mol. The van der Waals surface area contributed by atoms with Gasteiger partial charge in [-0.2, -0.15) is 0 Å². The molecule has 0 spiro atoms. The normalized spacial score (nSPS) is 14.3. The van der Waals surface area contributed by atoms with E-state index in [1.807, 2.05) is 56.3 Å². The highest BCUT2D eigenvalue weighted by Gasteiger charge is 2.27. The lowest BCUT2D eigenvalue weighted by Crippen LogP contribution is -2.50. The molecule has 2 amide bonds. The maximum atomic E-state index is 13.0. The zero-order valence-corrected chi connectivity index (χ0v) is 15.5. The lowest BCUT2D eigenvalue weighted by Gasteiger charge is -2.35. The summed E-state index contributed by atoms with van der Waals surface area (Å²) in [7, 11) is 1.59. The van der Waals surface area contributed by atoms with Gasteiger partial charge in [-0.3, -0.25) is 9.59 Å². The maximum Gasteiger partial charge on any atom is 0.257 e. The lowest BCUT2D eigenvalue weighted by atomic mass is 10.0. The minimum atomic E-state index is -0.0412. The molecule has 0 aliphatic carbocycles. The van der Waals surface area contributed by atoms with Crippen molar-refractivity contribution in [1.29, 1.82) is 0 Å². The molecule has 1 saturated heterocycles. The minimum absolute atomic E-state index is 0.0154. The first-order valence-electron chi connectivity index (χ1n) is 8.80. The van der Waals surface area contributed by atoms with Gasteiger partial charge in [-0.1, -0.05) is 24.3 Å². The van der Waals surface area contributed by atoms with Gasteiger partial charge < -0.3 is 14.5 Å². The molecule has 1 aliphatic rings. The average Bonchev–Trinajstić information content (AvgIpc) is 2.67. The van der Waals surface area contributed by atoms with Crippen LogP contribution in [0.2, 0.25) is 0 Å². The van der Waals surface area contributed by atoms with Crippen molar-refractivity contribution < 1.29 is 14.3 Å². The highest BCUT2D eigenvalue weighted by Crippen LogP contribution is 2.26. The first-order chi connectivity index (χ1) is 12.5. The van der Waals surface area contributed by atoms with E-state index >= 15 is 0 Å². The molecule has 0 radical (unpaired) electrons. The van der Waals surface area contributed by atoms with E-state index in [-0.39, 0.29) is 11.8 Å². The van der Waals surface area contributed by atoms with E-state index in [0.717, 1.165) is 11.1 Å². The van der Waals surface area contributed by atoms with Gasteiger partial charge in [0.05, 0.1) is 12.7 Å². The highest BCUT2D eigenvalue weighted by atomic mass is 16.5. The number of benzene rings is 2. The number of carbonyl (C=O) groups excluding carboxylic acids is 2. The Morgan fingerprint density at radius 3 is 2.04 bits per heavy atom. The zero-order chi connectivity index (χ0) is 18.7. The fraction of sp³-hybridized carbons (Fsp3) is 0.333. The van der Waals surface area contributed by atoms with Crippen LogP contribution in [0.25, 0.3) is 0 Å². The van der Waals surface area contributed by atoms with Gasteiger partial charge >= 0.3 is 0 Å². The summed E-state index contributed by atoms with van der Waals surface area (Å²) in [6, 6.07) is 13.1. The van der Waals surface area contributed by atoms with Gasteiger partial charge in [0.1, 0.15) is 5.75 Å². The molecule has 5 heteroatoms. The molecule has 136 valence electrons. The van der Waals surface area contributed by atoms with Crippen molar-refractivity contribution in [2.75, 3.05) is 33.3 Å². The number of amides is 2. The standard InChI is InChI=1S/C21H24N2O3/c1-15-13-16(2)19(26-3)18(14-15)21(25)23-11-9-22(10-12-23)20(24)17-7-5-4-6-8-17/h4-8,13-14H,9-12H2,1-3H3. The topological polar surface area (TPSA) is 49.9 Å². The van der Waals surface area contributed by atoms with Crippen LogP contribution in [0, 0.1) is 13.8 Å². The minimum Gasteiger partial charge on any atom is -0.496 e. The van der Waals surface area contributed by atoms with Crippen LogP contribution in [0.5, 0.6) is 5.75 Å². The second kappa shape index (κ2) is 7.60. The molecular formula is C21H24N2O3. The van der Waals surface area contributed by atoms with E-state index in [2.05, 4.69) is 0 Å². The largest absolute Gasteiger partial charge is 0.496 e. The number of hydrogen-bond acceptors (Lipinski definition) is 3. The molecular weight excluding hydrogens is 328 g/mol. The van der Waals surface area contributed by atoms with E-state index in [4.69, 9.17) is 4.74 Å². The van der Waals surface area contributed by atoms with Gasteiger partial charge in [-0.15, -0.1) is 0 Å². The SMILES string of the molecule is COc1c(C)cc(C)cc1C(=O)N1CCN(C(=O)c2ccccc2)CC1. The molecule has 5 nitrogen and oxygen atoms in total. The smallest absolute Gasteiger partial charge is 0.257 e. The number of methoxy groups -OCH3 is 1.